The van der Waals surface area contributed by atoms with Crippen LogP contribution in [0.4, 0.5) is 0 Å². The van der Waals surface area contributed by atoms with Crippen LogP contribution in [-0.2, 0) is 6.42 Å². The van der Waals surface area contributed by atoms with Crippen molar-refractivity contribution < 1.29 is 9.21 Å². The fourth-order valence-electron chi connectivity index (χ4n) is 2.75. The van der Waals surface area contributed by atoms with Gasteiger partial charge in [-0.05, 0) is 12.5 Å². The molecule has 0 fully saturated rings. The number of carbonyl (C=O) groups excluding carboxylic acids is 1. The summed E-state index contributed by atoms with van der Waals surface area (Å²) < 4.78 is 5.92. The molecule has 1 aromatic heterocycles. The van der Waals surface area contributed by atoms with Crippen LogP contribution in [0.1, 0.15) is 47.0 Å². The molecule has 0 aliphatic heterocycles. The second-order valence-electron chi connectivity index (χ2n) is 5.49. The molecule has 0 unspecified atom stereocenters. The van der Waals surface area contributed by atoms with Crippen molar-refractivity contribution in [1.82, 2.24) is 0 Å². The summed E-state index contributed by atoms with van der Waals surface area (Å²) in [6, 6.07) is 16.7. The van der Waals surface area contributed by atoms with Crippen LogP contribution in [0.5, 0.6) is 0 Å². The largest absolute Gasteiger partial charge is 0.459 e. The second kappa shape index (κ2) is 6.50. The average molecular weight is 303 g/mol. The molecule has 2 aromatic carbocycles. The molecule has 1 heterocycles. The van der Waals surface area contributed by atoms with Crippen molar-refractivity contribution in [3.63, 3.8) is 0 Å². The first-order valence-electron chi connectivity index (χ1n) is 7.80. The summed E-state index contributed by atoms with van der Waals surface area (Å²) in [5.74, 6) is 0.629. The SMILES string of the molecule is CCCCc1oc2c(C#N)cccc2c1C(=O)c1ccccc1. The predicted octanol–water partition coefficient (Wildman–Crippen LogP) is 4.88. The highest BCUT2D eigenvalue weighted by Crippen LogP contribution is 2.31. The van der Waals surface area contributed by atoms with Gasteiger partial charge in [0.05, 0.1) is 11.1 Å². The van der Waals surface area contributed by atoms with Crippen molar-refractivity contribution in [3.8, 4) is 6.07 Å². The molecule has 3 rings (SSSR count). The quantitative estimate of drug-likeness (QED) is 0.631. The van der Waals surface area contributed by atoms with Crippen molar-refractivity contribution in [2.75, 3.05) is 0 Å². The normalized spacial score (nSPS) is 10.6. The number of furan rings is 1. The number of hydrogen-bond donors (Lipinski definition) is 0. The zero-order valence-corrected chi connectivity index (χ0v) is 13.0. The molecule has 0 amide bonds. The molecule has 0 spiro atoms. The Morgan fingerprint density at radius 3 is 2.61 bits per heavy atom. The Bertz CT molecular complexity index is 885. The Kier molecular flexibility index (Phi) is 4.25. The van der Waals surface area contributed by atoms with Crippen LogP contribution in [0.15, 0.2) is 52.9 Å². The van der Waals surface area contributed by atoms with Gasteiger partial charge in [-0.1, -0.05) is 55.8 Å². The van der Waals surface area contributed by atoms with E-state index >= 15 is 0 Å². The molecule has 0 saturated carbocycles. The fraction of sp³-hybridized carbons (Fsp3) is 0.200. The van der Waals surface area contributed by atoms with E-state index in [1.807, 2.05) is 24.3 Å². The molecule has 0 aliphatic carbocycles. The Balaban J connectivity index is 2.21. The monoisotopic (exact) mass is 303 g/mol. The van der Waals surface area contributed by atoms with Gasteiger partial charge in [0.25, 0.3) is 0 Å². The highest BCUT2D eigenvalue weighted by atomic mass is 16.3. The standard InChI is InChI=1S/C20H17NO2/c1-2-3-12-17-18(19(22)14-8-5-4-6-9-14)16-11-7-10-15(13-21)20(16)23-17/h4-11H,2-3,12H2,1H3. The lowest BCUT2D eigenvalue weighted by atomic mass is 9.98. The van der Waals surface area contributed by atoms with Crippen LogP contribution >= 0.6 is 0 Å². The second-order valence-corrected chi connectivity index (χ2v) is 5.49. The number of nitrogens with zero attached hydrogens (tertiary/aromatic N) is 1. The summed E-state index contributed by atoms with van der Waals surface area (Å²) in [4.78, 5) is 13.0. The molecule has 0 bridgehead atoms. The zero-order chi connectivity index (χ0) is 16.2. The van der Waals surface area contributed by atoms with Crippen LogP contribution in [0.25, 0.3) is 11.0 Å². The number of para-hydroxylation sites is 1. The lowest BCUT2D eigenvalue weighted by molar-refractivity contribution is 0.103. The maximum atomic E-state index is 13.0. The number of carbonyl (C=O) groups is 1. The average Bonchev–Trinajstić information content (AvgIpc) is 2.98. The molecule has 3 nitrogen and oxygen atoms in total. The predicted molar refractivity (Wildman–Crippen MR) is 89.4 cm³/mol. The summed E-state index contributed by atoms with van der Waals surface area (Å²) in [6.45, 7) is 2.10. The van der Waals surface area contributed by atoms with Crippen molar-refractivity contribution in [3.05, 3.63) is 71.0 Å². The van der Waals surface area contributed by atoms with E-state index in [0.29, 0.717) is 34.5 Å². The van der Waals surface area contributed by atoms with Gasteiger partial charge in [0, 0.05) is 17.4 Å². The summed E-state index contributed by atoms with van der Waals surface area (Å²) in [7, 11) is 0. The van der Waals surface area contributed by atoms with Gasteiger partial charge in [-0.2, -0.15) is 5.26 Å². The van der Waals surface area contributed by atoms with Gasteiger partial charge in [0.15, 0.2) is 11.4 Å². The molecule has 23 heavy (non-hydrogen) atoms. The first-order valence-corrected chi connectivity index (χ1v) is 7.80. The number of unbranched alkanes of at least 4 members (excludes halogenated alkanes) is 1. The molecule has 0 saturated heterocycles. The minimum absolute atomic E-state index is 0.0504. The highest BCUT2D eigenvalue weighted by molar-refractivity contribution is 6.17. The van der Waals surface area contributed by atoms with Gasteiger partial charge in [-0.15, -0.1) is 0 Å². The molecule has 3 aromatic rings. The molecular formula is C20H17NO2. The van der Waals surface area contributed by atoms with E-state index in [1.165, 1.54) is 0 Å². The Morgan fingerprint density at radius 1 is 1.13 bits per heavy atom. The van der Waals surface area contributed by atoms with E-state index < -0.39 is 0 Å². The number of aryl methyl sites for hydroxylation is 1. The van der Waals surface area contributed by atoms with Crippen molar-refractivity contribution in [1.29, 1.82) is 5.26 Å². The number of ketones is 1. The van der Waals surface area contributed by atoms with Gasteiger partial charge < -0.3 is 4.42 Å². The van der Waals surface area contributed by atoms with E-state index in [4.69, 9.17) is 4.42 Å². The van der Waals surface area contributed by atoms with E-state index in [9.17, 15) is 10.1 Å². The lowest BCUT2D eigenvalue weighted by Gasteiger charge is -2.02. The maximum absolute atomic E-state index is 13.0. The van der Waals surface area contributed by atoms with E-state index in [0.717, 1.165) is 18.2 Å². The molecule has 114 valence electrons. The minimum atomic E-state index is -0.0504. The lowest BCUT2D eigenvalue weighted by Crippen LogP contribution is -2.03. The van der Waals surface area contributed by atoms with Crippen LogP contribution in [0.3, 0.4) is 0 Å². The van der Waals surface area contributed by atoms with Crippen molar-refractivity contribution in [2.45, 2.75) is 26.2 Å². The minimum Gasteiger partial charge on any atom is -0.459 e. The van der Waals surface area contributed by atoms with Gasteiger partial charge in [0.2, 0.25) is 0 Å². The number of fused-ring (bicyclic) bond motifs is 1. The first-order chi connectivity index (χ1) is 11.3. The van der Waals surface area contributed by atoms with E-state index in [-0.39, 0.29) is 5.78 Å². The maximum Gasteiger partial charge on any atom is 0.197 e. The van der Waals surface area contributed by atoms with Gasteiger partial charge >= 0.3 is 0 Å². The van der Waals surface area contributed by atoms with E-state index in [2.05, 4.69) is 13.0 Å². The molecule has 0 aliphatic rings. The Labute approximate surface area is 135 Å². The smallest absolute Gasteiger partial charge is 0.197 e. The molecular weight excluding hydrogens is 286 g/mol. The van der Waals surface area contributed by atoms with Gasteiger partial charge in [-0.25, -0.2) is 0 Å². The summed E-state index contributed by atoms with van der Waals surface area (Å²) in [5, 5.41) is 10.00. The fourth-order valence-corrected chi connectivity index (χ4v) is 2.75. The number of hydrogen-bond acceptors (Lipinski definition) is 3. The van der Waals surface area contributed by atoms with Crippen LogP contribution in [-0.4, -0.2) is 5.78 Å². The molecule has 3 heteroatoms. The molecule has 0 atom stereocenters. The zero-order valence-electron chi connectivity index (χ0n) is 13.0. The van der Waals surface area contributed by atoms with Crippen molar-refractivity contribution in [2.24, 2.45) is 0 Å². The summed E-state index contributed by atoms with van der Waals surface area (Å²) in [6.07, 6.45) is 2.65. The topological polar surface area (TPSA) is 54.0 Å². The molecule has 0 N–H and O–H groups in total. The third kappa shape index (κ3) is 2.76. The van der Waals surface area contributed by atoms with Crippen LogP contribution in [0.2, 0.25) is 0 Å². The van der Waals surface area contributed by atoms with E-state index in [1.54, 1.807) is 24.3 Å². The van der Waals surface area contributed by atoms with Gasteiger partial charge in [-0.3, -0.25) is 4.79 Å². The Hall–Kier alpha value is -2.86. The third-order valence-corrected chi connectivity index (χ3v) is 3.93. The highest BCUT2D eigenvalue weighted by Gasteiger charge is 2.22. The summed E-state index contributed by atoms with van der Waals surface area (Å²) >= 11 is 0. The summed E-state index contributed by atoms with van der Waals surface area (Å²) in [5.41, 5.74) is 2.21. The number of nitriles is 1. The van der Waals surface area contributed by atoms with Crippen LogP contribution in [0, 0.1) is 11.3 Å². The molecule has 0 radical (unpaired) electrons. The first kappa shape index (κ1) is 15.1. The van der Waals surface area contributed by atoms with Crippen molar-refractivity contribution >= 4 is 16.8 Å². The van der Waals surface area contributed by atoms with Gasteiger partial charge in [0.1, 0.15) is 11.8 Å². The number of benzene rings is 2. The van der Waals surface area contributed by atoms with Crippen LogP contribution < -0.4 is 0 Å². The number of rotatable bonds is 5. The third-order valence-electron chi connectivity index (χ3n) is 3.93. The Morgan fingerprint density at radius 2 is 1.91 bits per heavy atom.